The van der Waals surface area contributed by atoms with E-state index in [1.807, 2.05) is 49.5 Å². The summed E-state index contributed by atoms with van der Waals surface area (Å²) in [4.78, 5) is 23.3. The van der Waals surface area contributed by atoms with E-state index in [2.05, 4.69) is 20.4 Å². The molecule has 0 saturated carbocycles. The van der Waals surface area contributed by atoms with Crippen LogP contribution in [-0.4, -0.2) is 28.1 Å². The number of carbonyl (C=O) groups is 1. The summed E-state index contributed by atoms with van der Waals surface area (Å²) in [6, 6.07) is 21.7. The van der Waals surface area contributed by atoms with Crippen molar-refractivity contribution >= 4 is 28.3 Å². The highest BCUT2D eigenvalue weighted by molar-refractivity contribution is 5.95. The number of fused-ring (bicyclic) bond motifs is 1. The van der Waals surface area contributed by atoms with Crippen molar-refractivity contribution in [1.82, 2.24) is 15.1 Å². The fourth-order valence-corrected chi connectivity index (χ4v) is 4.02. The summed E-state index contributed by atoms with van der Waals surface area (Å²) in [5.41, 5.74) is 3.86. The molecule has 0 aliphatic carbocycles. The summed E-state index contributed by atoms with van der Waals surface area (Å²) < 4.78 is 19.8. The standard InChI is InChI=1S/C27H22FN5O2/c1-29-27-22-14-20(9-10-24(22)30-17-31-27)19-6-4-5-18(13-19)16-33(25-8-3-2-7-23(25)28)26(34)15-21-11-12-32-35-21/h2-14,17H,15-16H2,1H3,(H,29,30,31). The highest BCUT2D eigenvalue weighted by Gasteiger charge is 2.21. The minimum Gasteiger partial charge on any atom is -0.373 e. The molecule has 0 radical (unpaired) electrons. The van der Waals surface area contributed by atoms with Gasteiger partial charge in [0.15, 0.2) is 0 Å². The molecule has 8 heteroatoms. The van der Waals surface area contributed by atoms with Crippen LogP contribution in [0.25, 0.3) is 22.0 Å². The number of carbonyl (C=O) groups excluding carboxylic acids is 1. The van der Waals surface area contributed by atoms with Crippen molar-refractivity contribution in [3.63, 3.8) is 0 Å². The Morgan fingerprint density at radius 2 is 1.86 bits per heavy atom. The summed E-state index contributed by atoms with van der Waals surface area (Å²) in [5, 5.41) is 7.66. The minimum atomic E-state index is -0.469. The third kappa shape index (κ3) is 4.72. The molecule has 1 amide bonds. The Hall–Kier alpha value is -4.59. The number of para-hydroxylation sites is 1. The van der Waals surface area contributed by atoms with Crippen LogP contribution in [0.4, 0.5) is 15.9 Å². The molecule has 0 aliphatic heterocycles. The lowest BCUT2D eigenvalue weighted by molar-refractivity contribution is -0.118. The highest BCUT2D eigenvalue weighted by Crippen LogP contribution is 2.29. The van der Waals surface area contributed by atoms with Gasteiger partial charge in [0, 0.05) is 18.5 Å². The molecule has 0 bridgehead atoms. The third-order valence-corrected chi connectivity index (χ3v) is 5.73. The Bertz CT molecular complexity index is 1490. The predicted octanol–water partition coefficient (Wildman–Crippen LogP) is 5.24. The summed E-state index contributed by atoms with van der Waals surface area (Å²) in [5.74, 6) is 0.406. The van der Waals surface area contributed by atoms with Gasteiger partial charge in [0.05, 0.1) is 30.4 Å². The van der Waals surface area contributed by atoms with Gasteiger partial charge in [0.1, 0.15) is 23.7 Å². The molecule has 5 rings (SSSR count). The molecule has 0 aliphatic rings. The van der Waals surface area contributed by atoms with E-state index in [1.165, 1.54) is 23.5 Å². The number of halogens is 1. The first-order valence-electron chi connectivity index (χ1n) is 11.1. The fourth-order valence-electron chi connectivity index (χ4n) is 4.02. The normalized spacial score (nSPS) is 10.9. The van der Waals surface area contributed by atoms with Crippen LogP contribution in [0.3, 0.4) is 0 Å². The van der Waals surface area contributed by atoms with E-state index in [0.29, 0.717) is 5.76 Å². The number of hydrogen-bond donors (Lipinski definition) is 1. The van der Waals surface area contributed by atoms with E-state index in [-0.39, 0.29) is 24.6 Å². The molecule has 3 aromatic carbocycles. The molecule has 0 fully saturated rings. The molecule has 1 N–H and O–H groups in total. The number of amides is 1. The first-order chi connectivity index (χ1) is 17.1. The van der Waals surface area contributed by atoms with Gasteiger partial charge in [-0.15, -0.1) is 0 Å². The van der Waals surface area contributed by atoms with Crippen molar-refractivity contribution in [3.8, 4) is 11.1 Å². The Kier molecular flexibility index (Phi) is 6.17. The minimum absolute atomic E-state index is 0.0223. The second-order valence-corrected chi connectivity index (χ2v) is 7.99. The van der Waals surface area contributed by atoms with Crippen molar-refractivity contribution in [2.45, 2.75) is 13.0 Å². The predicted molar refractivity (Wildman–Crippen MR) is 132 cm³/mol. The second-order valence-electron chi connectivity index (χ2n) is 7.99. The average Bonchev–Trinajstić information content (AvgIpc) is 3.40. The maximum atomic E-state index is 14.7. The van der Waals surface area contributed by atoms with Gasteiger partial charge in [0.2, 0.25) is 5.91 Å². The van der Waals surface area contributed by atoms with Crippen LogP contribution in [0.15, 0.2) is 89.8 Å². The van der Waals surface area contributed by atoms with Gasteiger partial charge in [-0.25, -0.2) is 14.4 Å². The maximum absolute atomic E-state index is 14.7. The average molecular weight is 468 g/mol. The van der Waals surface area contributed by atoms with E-state index in [1.54, 1.807) is 24.3 Å². The molecule has 2 heterocycles. The molecule has 7 nitrogen and oxygen atoms in total. The van der Waals surface area contributed by atoms with Gasteiger partial charge >= 0.3 is 0 Å². The summed E-state index contributed by atoms with van der Waals surface area (Å²) >= 11 is 0. The van der Waals surface area contributed by atoms with Crippen molar-refractivity contribution in [2.75, 3.05) is 17.3 Å². The van der Waals surface area contributed by atoms with Crippen LogP contribution in [0.5, 0.6) is 0 Å². The number of anilines is 2. The van der Waals surface area contributed by atoms with E-state index in [9.17, 15) is 9.18 Å². The number of nitrogens with zero attached hydrogens (tertiary/aromatic N) is 4. The molecule has 2 aromatic heterocycles. The SMILES string of the molecule is CNc1ncnc2ccc(-c3cccc(CN(C(=O)Cc4ccno4)c4ccccc4F)c3)cc12. The Morgan fingerprint density at radius 1 is 1.00 bits per heavy atom. The zero-order chi connectivity index (χ0) is 24.2. The molecule has 35 heavy (non-hydrogen) atoms. The number of nitrogens with one attached hydrogen (secondary N) is 1. The van der Waals surface area contributed by atoms with Crippen molar-refractivity contribution in [3.05, 3.63) is 102 Å². The smallest absolute Gasteiger partial charge is 0.235 e. The van der Waals surface area contributed by atoms with Crippen LogP contribution in [0, 0.1) is 5.82 Å². The molecular formula is C27H22FN5O2. The van der Waals surface area contributed by atoms with E-state index < -0.39 is 5.82 Å². The number of aromatic nitrogens is 3. The van der Waals surface area contributed by atoms with Crippen molar-refractivity contribution < 1.29 is 13.7 Å². The topological polar surface area (TPSA) is 84.2 Å². The molecule has 174 valence electrons. The Labute approximate surface area is 201 Å². The van der Waals surface area contributed by atoms with Crippen LogP contribution in [0.1, 0.15) is 11.3 Å². The third-order valence-electron chi connectivity index (χ3n) is 5.73. The van der Waals surface area contributed by atoms with Crippen LogP contribution in [-0.2, 0) is 17.8 Å². The first-order valence-corrected chi connectivity index (χ1v) is 11.1. The Morgan fingerprint density at radius 3 is 2.66 bits per heavy atom. The number of hydrogen-bond acceptors (Lipinski definition) is 6. The molecule has 0 spiro atoms. The van der Waals surface area contributed by atoms with Crippen LogP contribution >= 0.6 is 0 Å². The van der Waals surface area contributed by atoms with Gasteiger partial charge in [-0.2, -0.15) is 0 Å². The fraction of sp³-hybridized carbons (Fsp3) is 0.111. The van der Waals surface area contributed by atoms with Gasteiger partial charge in [-0.05, 0) is 47.0 Å². The lowest BCUT2D eigenvalue weighted by atomic mass is 10.0. The number of benzene rings is 3. The summed E-state index contributed by atoms with van der Waals surface area (Å²) in [6.07, 6.45) is 2.99. The largest absolute Gasteiger partial charge is 0.373 e. The van der Waals surface area contributed by atoms with E-state index in [4.69, 9.17) is 4.52 Å². The summed E-state index contributed by atoms with van der Waals surface area (Å²) in [7, 11) is 1.82. The van der Waals surface area contributed by atoms with Crippen molar-refractivity contribution in [2.24, 2.45) is 0 Å². The monoisotopic (exact) mass is 467 g/mol. The zero-order valence-electron chi connectivity index (χ0n) is 19.0. The number of rotatable bonds is 7. The van der Waals surface area contributed by atoms with Gasteiger partial charge in [-0.1, -0.05) is 41.6 Å². The molecular weight excluding hydrogens is 445 g/mol. The lowest BCUT2D eigenvalue weighted by Gasteiger charge is -2.23. The molecule has 0 atom stereocenters. The van der Waals surface area contributed by atoms with E-state index >= 15 is 0 Å². The van der Waals surface area contributed by atoms with Crippen LogP contribution < -0.4 is 10.2 Å². The van der Waals surface area contributed by atoms with Gasteiger partial charge in [-0.3, -0.25) is 4.79 Å². The van der Waals surface area contributed by atoms with Gasteiger partial charge < -0.3 is 14.7 Å². The van der Waals surface area contributed by atoms with Crippen LogP contribution in [0.2, 0.25) is 0 Å². The summed E-state index contributed by atoms with van der Waals surface area (Å²) in [6.45, 7) is 0.195. The van der Waals surface area contributed by atoms with E-state index in [0.717, 1.165) is 33.4 Å². The first kappa shape index (κ1) is 22.2. The molecule has 0 saturated heterocycles. The molecule has 0 unspecified atom stereocenters. The quantitative estimate of drug-likeness (QED) is 0.352. The highest BCUT2D eigenvalue weighted by atomic mass is 19.1. The Balaban J connectivity index is 1.49. The molecule has 5 aromatic rings. The maximum Gasteiger partial charge on any atom is 0.235 e. The second kappa shape index (κ2) is 9.72. The zero-order valence-corrected chi connectivity index (χ0v) is 19.0. The lowest BCUT2D eigenvalue weighted by Crippen LogP contribution is -2.32. The van der Waals surface area contributed by atoms with Gasteiger partial charge in [0.25, 0.3) is 0 Å². The van der Waals surface area contributed by atoms with Crippen molar-refractivity contribution in [1.29, 1.82) is 0 Å².